The Labute approximate surface area is 232 Å². The Morgan fingerprint density at radius 1 is 0.950 bits per heavy atom. The second-order valence-corrected chi connectivity index (χ2v) is 11.6. The number of methoxy groups -OCH3 is 1. The maximum absolute atomic E-state index is 12.8. The van der Waals surface area contributed by atoms with E-state index in [2.05, 4.69) is 20.7 Å². The second kappa shape index (κ2) is 10.8. The molecular formula is C30H29N5O4S. The maximum atomic E-state index is 12.8. The van der Waals surface area contributed by atoms with Crippen molar-refractivity contribution in [3.05, 3.63) is 96.2 Å². The van der Waals surface area contributed by atoms with Gasteiger partial charge in [-0.3, -0.25) is 4.79 Å². The summed E-state index contributed by atoms with van der Waals surface area (Å²) in [5.74, 6) is 0.366. The Balaban J connectivity index is 1.30. The van der Waals surface area contributed by atoms with Gasteiger partial charge in [0.2, 0.25) is 11.9 Å². The van der Waals surface area contributed by atoms with Gasteiger partial charge in [-0.1, -0.05) is 42.0 Å². The summed E-state index contributed by atoms with van der Waals surface area (Å²) in [7, 11) is -1.90. The van der Waals surface area contributed by atoms with Crippen molar-refractivity contribution < 1.29 is 17.9 Å². The molecule has 0 saturated heterocycles. The number of hydrogen-bond acceptors (Lipinski definition) is 7. The number of fused-ring (bicyclic) bond motifs is 1. The van der Waals surface area contributed by atoms with Crippen molar-refractivity contribution in [1.82, 2.24) is 14.6 Å². The number of aryl methyl sites for hydroxylation is 1. The van der Waals surface area contributed by atoms with E-state index in [0.717, 1.165) is 34.2 Å². The summed E-state index contributed by atoms with van der Waals surface area (Å²) in [6, 6.07) is 24.0. The van der Waals surface area contributed by atoms with E-state index in [-0.39, 0.29) is 16.7 Å². The van der Waals surface area contributed by atoms with Crippen LogP contribution in [-0.2, 0) is 14.6 Å². The van der Waals surface area contributed by atoms with Crippen LogP contribution in [0, 0.1) is 6.92 Å². The molecule has 0 bridgehead atoms. The molecule has 5 aromatic rings. The summed E-state index contributed by atoms with van der Waals surface area (Å²) >= 11 is 0. The average molecular weight is 556 g/mol. The van der Waals surface area contributed by atoms with Crippen LogP contribution < -0.4 is 15.4 Å². The summed E-state index contributed by atoms with van der Waals surface area (Å²) in [6.07, 6.45) is 3.01. The van der Waals surface area contributed by atoms with Gasteiger partial charge < -0.3 is 15.4 Å². The number of benzene rings is 3. The van der Waals surface area contributed by atoms with Crippen molar-refractivity contribution in [3.8, 4) is 16.9 Å². The fourth-order valence-corrected chi connectivity index (χ4v) is 4.87. The monoisotopic (exact) mass is 555 g/mol. The lowest BCUT2D eigenvalue weighted by Crippen LogP contribution is -2.18. The average Bonchev–Trinajstić information content (AvgIpc) is 3.34. The lowest BCUT2D eigenvalue weighted by molar-refractivity contribution is -0.117. The van der Waals surface area contributed by atoms with Crippen molar-refractivity contribution in [3.63, 3.8) is 0 Å². The smallest absolute Gasteiger partial charge is 0.247 e. The molecule has 40 heavy (non-hydrogen) atoms. The number of ether oxygens (including phenoxy) is 1. The highest BCUT2D eigenvalue weighted by Crippen LogP contribution is 2.30. The molecule has 0 unspecified atom stereocenters. The summed E-state index contributed by atoms with van der Waals surface area (Å²) in [5.41, 5.74) is 5.90. The van der Waals surface area contributed by atoms with Crippen molar-refractivity contribution in [2.75, 3.05) is 24.0 Å². The highest BCUT2D eigenvalue weighted by Gasteiger charge is 2.16. The van der Waals surface area contributed by atoms with Crippen LogP contribution in [0.5, 0.6) is 5.75 Å². The molecule has 9 nitrogen and oxygen atoms in total. The van der Waals surface area contributed by atoms with Crippen LogP contribution >= 0.6 is 0 Å². The minimum absolute atomic E-state index is 0.0664. The molecule has 2 heterocycles. The predicted octanol–water partition coefficient (Wildman–Crippen LogP) is 5.60. The summed E-state index contributed by atoms with van der Waals surface area (Å²) in [5, 5.41) is 10.6. The van der Waals surface area contributed by atoms with E-state index in [0.29, 0.717) is 23.0 Å². The Kier molecular flexibility index (Phi) is 7.27. The molecule has 1 amide bonds. The number of sulfone groups is 1. The third-order valence-electron chi connectivity index (χ3n) is 6.63. The molecule has 0 fully saturated rings. The van der Waals surface area contributed by atoms with Crippen LogP contribution in [0.1, 0.15) is 24.0 Å². The second-order valence-electron chi connectivity index (χ2n) is 9.61. The van der Waals surface area contributed by atoms with E-state index in [9.17, 15) is 13.2 Å². The Hall–Kier alpha value is -4.70. The van der Waals surface area contributed by atoms with E-state index in [1.807, 2.05) is 80.7 Å². The Bertz CT molecular complexity index is 1800. The molecule has 0 radical (unpaired) electrons. The van der Waals surface area contributed by atoms with E-state index >= 15 is 0 Å². The number of pyridine rings is 1. The van der Waals surface area contributed by atoms with Crippen LogP contribution in [0.25, 0.3) is 16.8 Å². The highest BCUT2D eigenvalue weighted by atomic mass is 32.2. The maximum Gasteiger partial charge on any atom is 0.247 e. The van der Waals surface area contributed by atoms with Crippen molar-refractivity contribution in [2.24, 2.45) is 0 Å². The lowest BCUT2D eigenvalue weighted by atomic mass is 9.99. The van der Waals surface area contributed by atoms with Crippen LogP contribution in [-0.4, -0.2) is 42.3 Å². The van der Waals surface area contributed by atoms with Crippen molar-refractivity contribution in [2.45, 2.75) is 24.7 Å². The fraction of sp³-hybridized carbons (Fsp3) is 0.167. The molecular weight excluding hydrogens is 526 g/mol. The van der Waals surface area contributed by atoms with Crippen LogP contribution in [0.15, 0.2) is 90.0 Å². The van der Waals surface area contributed by atoms with Gasteiger partial charge in [0, 0.05) is 29.8 Å². The Morgan fingerprint density at radius 2 is 1.65 bits per heavy atom. The molecule has 0 spiro atoms. The highest BCUT2D eigenvalue weighted by molar-refractivity contribution is 7.90. The standard InChI is InChI=1S/C30H29N5O4S/c1-19-5-7-21(8-6-19)20(2)29(36)31-24-12-9-22(10-13-24)23-11-16-28-33-30(34-35(28)18-23)32-26-15-14-25(40(4,37)38)17-27(26)39-3/h5-18,20H,1-4H3,(H,31,36)(H,32,34)/t20-/m1/s1. The minimum Gasteiger partial charge on any atom is -0.495 e. The topological polar surface area (TPSA) is 115 Å². The van der Waals surface area contributed by atoms with Gasteiger partial charge in [0.1, 0.15) is 5.75 Å². The molecule has 0 aliphatic heterocycles. The zero-order chi connectivity index (χ0) is 28.4. The first kappa shape index (κ1) is 26.9. The van der Waals surface area contributed by atoms with Crippen LogP contribution in [0.4, 0.5) is 17.3 Å². The molecule has 1 atom stereocenters. The van der Waals surface area contributed by atoms with Gasteiger partial charge in [-0.25, -0.2) is 12.9 Å². The number of aromatic nitrogens is 3. The number of anilines is 3. The van der Waals surface area contributed by atoms with E-state index in [1.165, 1.54) is 19.2 Å². The molecule has 0 saturated carbocycles. The van der Waals surface area contributed by atoms with Crippen LogP contribution in [0.3, 0.4) is 0 Å². The van der Waals surface area contributed by atoms with Crippen molar-refractivity contribution in [1.29, 1.82) is 0 Å². The number of nitrogens with zero attached hydrogens (tertiary/aromatic N) is 3. The minimum atomic E-state index is -3.37. The lowest BCUT2D eigenvalue weighted by Gasteiger charge is -2.13. The molecule has 204 valence electrons. The molecule has 0 aliphatic rings. The van der Waals surface area contributed by atoms with Gasteiger partial charge in [0.25, 0.3) is 0 Å². The number of nitrogens with one attached hydrogen (secondary N) is 2. The first-order chi connectivity index (χ1) is 19.1. The Morgan fingerprint density at radius 3 is 2.33 bits per heavy atom. The van der Waals surface area contributed by atoms with Gasteiger partial charge in [-0.05, 0) is 61.4 Å². The van der Waals surface area contributed by atoms with Gasteiger partial charge in [0.05, 0.1) is 23.6 Å². The SMILES string of the molecule is COc1cc(S(C)(=O)=O)ccc1Nc1nc2ccc(-c3ccc(NC(=O)[C@H](C)c4ccc(C)cc4)cc3)cn2n1. The fourth-order valence-electron chi connectivity index (χ4n) is 4.24. The molecule has 2 aromatic heterocycles. The number of hydrogen-bond donors (Lipinski definition) is 2. The number of carbonyl (C=O) groups excluding carboxylic acids is 1. The number of amides is 1. The van der Waals surface area contributed by atoms with Crippen molar-refractivity contribution >= 4 is 38.7 Å². The summed E-state index contributed by atoms with van der Waals surface area (Å²) in [4.78, 5) is 17.4. The zero-order valence-electron chi connectivity index (χ0n) is 22.5. The van der Waals surface area contributed by atoms with Gasteiger partial charge in [0.15, 0.2) is 15.5 Å². The molecule has 0 aliphatic carbocycles. The first-order valence-electron chi connectivity index (χ1n) is 12.6. The van der Waals surface area contributed by atoms with E-state index < -0.39 is 9.84 Å². The van der Waals surface area contributed by atoms with E-state index in [1.54, 1.807) is 10.6 Å². The third kappa shape index (κ3) is 5.81. The molecule has 2 N–H and O–H groups in total. The van der Waals surface area contributed by atoms with Crippen LogP contribution in [0.2, 0.25) is 0 Å². The molecule has 10 heteroatoms. The molecule has 5 rings (SSSR count). The largest absolute Gasteiger partial charge is 0.495 e. The number of rotatable bonds is 8. The van der Waals surface area contributed by atoms with E-state index in [4.69, 9.17) is 4.74 Å². The first-order valence-corrected chi connectivity index (χ1v) is 14.5. The predicted molar refractivity (Wildman–Crippen MR) is 156 cm³/mol. The third-order valence-corrected chi connectivity index (χ3v) is 7.75. The summed E-state index contributed by atoms with van der Waals surface area (Å²) < 4.78 is 30.8. The van der Waals surface area contributed by atoms with Gasteiger partial charge >= 0.3 is 0 Å². The van der Waals surface area contributed by atoms with Gasteiger partial charge in [-0.15, -0.1) is 5.10 Å². The normalized spacial score (nSPS) is 12.2. The quantitative estimate of drug-likeness (QED) is 0.256. The molecule has 3 aromatic carbocycles. The summed E-state index contributed by atoms with van der Waals surface area (Å²) in [6.45, 7) is 3.92. The number of carbonyl (C=O) groups is 1. The zero-order valence-corrected chi connectivity index (χ0v) is 23.4. The van der Waals surface area contributed by atoms with Gasteiger partial charge in [-0.2, -0.15) is 4.98 Å².